The molecule has 7 heteroatoms. The zero-order valence-electron chi connectivity index (χ0n) is 9.79. The van der Waals surface area contributed by atoms with Crippen molar-refractivity contribution < 1.29 is 18.0 Å². The van der Waals surface area contributed by atoms with Crippen LogP contribution in [0.5, 0.6) is 0 Å². The summed E-state index contributed by atoms with van der Waals surface area (Å²) in [7, 11) is 1.43. The largest absolute Gasteiger partial charge is 0.397 e. The van der Waals surface area contributed by atoms with Gasteiger partial charge >= 0.3 is 6.18 Å². The second-order valence-electron chi connectivity index (χ2n) is 3.89. The highest BCUT2D eigenvalue weighted by Crippen LogP contribution is 2.28. The van der Waals surface area contributed by atoms with Gasteiger partial charge in [0.05, 0.1) is 23.4 Å². The van der Waals surface area contributed by atoms with Gasteiger partial charge in [0.15, 0.2) is 0 Å². The number of carbonyl (C=O) groups excluding carboxylic acids is 1. The van der Waals surface area contributed by atoms with Gasteiger partial charge in [-0.1, -0.05) is 6.07 Å². The van der Waals surface area contributed by atoms with Crippen LogP contribution in [0.4, 0.5) is 24.5 Å². The number of amides is 1. The third kappa shape index (κ3) is 3.54. The van der Waals surface area contributed by atoms with E-state index in [1.807, 2.05) is 0 Å². The van der Waals surface area contributed by atoms with Crippen molar-refractivity contribution in [3.63, 3.8) is 0 Å². The molecule has 0 aliphatic heterocycles. The number of nitrogen functional groups attached to an aromatic ring is 1. The van der Waals surface area contributed by atoms with Gasteiger partial charge in [0.1, 0.15) is 0 Å². The Morgan fingerprint density at radius 3 is 2.50 bits per heavy atom. The summed E-state index contributed by atoms with van der Waals surface area (Å²) in [5, 5.41) is 0. The Bertz CT molecular complexity index is 446. The number of benzene rings is 1. The summed E-state index contributed by atoms with van der Waals surface area (Å²) in [6.45, 7) is -0.294. The van der Waals surface area contributed by atoms with Gasteiger partial charge in [-0.3, -0.25) is 4.79 Å². The van der Waals surface area contributed by atoms with Crippen molar-refractivity contribution in [2.24, 2.45) is 5.73 Å². The molecule has 4 nitrogen and oxygen atoms in total. The van der Waals surface area contributed by atoms with Crippen LogP contribution in [0.3, 0.4) is 0 Å². The average molecular weight is 261 g/mol. The summed E-state index contributed by atoms with van der Waals surface area (Å²) in [5.41, 5.74) is 11.4. The van der Waals surface area contributed by atoms with Gasteiger partial charge in [-0.05, 0) is 12.1 Å². The van der Waals surface area contributed by atoms with Crippen LogP contribution in [0, 0.1) is 0 Å². The third-order valence-electron chi connectivity index (χ3n) is 2.45. The topological polar surface area (TPSA) is 72.3 Å². The minimum absolute atomic E-state index is 0.111. The lowest BCUT2D eigenvalue weighted by atomic mass is 10.1. The quantitative estimate of drug-likeness (QED) is 0.811. The lowest BCUT2D eigenvalue weighted by Crippen LogP contribution is -2.27. The first-order chi connectivity index (χ1) is 8.22. The number of primary amides is 1. The smallest absolute Gasteiger partial charge is 0.390 e. The van der Waals surface area contributed by atoms with Gasteiger partial charge in [0.2, 0.25) is 0 Å². The molecule has 0 atom stereocenters. The summed E-state index contributed by atoms with van der Waals surface area (Å²) in [6, 6.07) is 4.46. The highest BCUT2D eigenvalue weighted by molar-refractivity contribution is 6.01. The number of alkyl halides is 3. The normalized spacial score (nSPS) is 11.3. The van der Waals surface area contributed by atoms with E-state index in [1.165, 1.54) is 30.1 Å². The second-order valence-corrected chi connectivity index (χ2v) is 3.89. The van der Waals surface area contributed by atoms with E-state index in [-0.39, 0.29) is 23.5 Å². The second kappa shape index (κ2) is 5.16. The van der Waals surface area contributed by atoms with Crippen molar-refractivity contribution in [2.45, 2.75) is 12.6 Å². The van der Waals surface area contributed by atoms with Crippen molar-refractivity contribution >= 4 is 17.3 Å². The first kappa shape index (κ1) is 14.1. The Morgan fingerprint density at radius 2 is 2.00 bits per heavy atom. The highest BCUT2D eigenvalue weighted by Gasteiger charge is 2.28. The van der Waals surface area contributed by atoms with E-state index in [0.717, 1.165) is 0 Å². The fourth-order valence-corrected chi connectivity index (χ4v) is 1.59. The molecule has 18 heavy (non-hydrogen) atoms. The predicted molar refractivity (Wildman–Crippen MR) is 63.3 cm³/mol. The number of anilines is 2. The van der Waals surface area contributed by atoms with Crippen LogP contribution in [0.1, 0.15) is 16.8 Å². The Balaban J connectivity index is 2.97. The minimum atomic E-state index is -4.26. The van der Waals surface area contributed by atoms with Crippen LogP contribution in [-0.4, -0.2) is 25.7 Å². The van der Waals surface area contributed by atoms with E-state index < -0.39 is 18.5 Å². The molecule has 4 N–H and O–H groups in total. The maximum Gasteiger partial charge on any atom is 0.390 e. The zero-order valence-corrected chi connectivity index (χ0v) is 9.79. The summed E-state index contributed by atoms with van der Waals surface area (Å²) >= 11 is 0. The van der Waals surface area contributed by atoms with Gasteiger partial charge in [-0.15, -0.1) is 0 Å². The first-order valence-electron chi connectivity index (χ1n) is 5.18. The molecule has 1 aromatic rings. The van der Waals surface area contributed by atoms with Crippen molar-refractivity contribution in [3.05, 3.63) is 23.8 Å². The van der Waals surface area contributed by atoms with E-state index in [0.29, 0.717) is 0 Å². The van der Waals surface area contributed by atoms with Crippen molar-refractivity contribution in [1.29, 1.82) is 0 Å². The Kier molecular flexibility index (Phi) is 4.05. The molecule has 0 bridgehead atoms. The van der Waals surface area contributed by atoms with E-state index in [4.69, 9.17) is 11.5 Å². The molecular formula is C11H14F3N3O. The van der Waals surface area contributed by atoms with Crippen LogP contribution in [0.15, 0.2) is 18.2 Å². The van der Waals surface area contributed by atoms with E-state index >= 15 is 0 Å². The summed E-state index contributed by atoms with van der Waals surface area (Å²) in [6.07, 6.45) is -5.25. The fraction of sp³-hybridized carbons (Fsp3) is 0.364. The lowest BCUT2D eigenvalue weighted by molar-refractivity contribution is -0.132. The lowest BCUT2D eigenvalue weighted by Gasteiger charge is -2.23. The van der Waals surface area contributed by atoms with Crippen LogP contribution in [0.2, 0.25) is 0 Å². The van der Waals surface area contributed by atoms with E-state index in [2.05, 4.69) is 0 Å². The minimum Gasteiger partial charge on any atom is -0.397 e. The number of carbonyl (C=O) groups is 1. The van der Waals surface area contributed by atoms with Crippen LogP contribution < -0.4 is 16.4 Å². The molecule has 100 valence electrons. The molecule has 0 unspecified atom stereocenters. The number of hydrogen-bond donors (Lipinski definition) is 2. The monoisotopic (exact) mass is 261 g/mol. The summed E-state index contributed by atoms with van der Waals surface area (Å²) < 4.78 is 36.4. The zero-order chi connectivity index (χ0) is 13.9. The molecule has 1 rings (SSSR count). The summed E-state index contributed by atoms with van der Waals surface area (Å²) in [5.74, 6) is -0.726. The summed E-state index contributed by atoms with van der Waals surface area (Å²) in [4.78, 5) is 12.5. The molecule has 0 aromatic heterocycles. The first-order valence-corrected chi connectivity index (χ1v) is 5.18. The van der Waals surface area contributed by atoms with Gasteiger partial charge in [-0.25, -0.2) is 0 Å². The van der Waals surface area contributed by atoms with E-state index in [1.54, 1.807) is 0 Å². The molecule has 0 radical (unpaired) electrons. The molecule has 0 saturated carbocycles. The Hall–Kier alpha value is -1.92. The number of rotatable bonds is 4. The van der Waals surface area contributed by atoms with Crippen molar-refractivity contribution in [1.82, 2.24) is 0 Å². The van der Waals surface area contributed by atoms with Gasteiger partial charge in [0.25, 0.3) is 5.91 Å². The third-order valence-corrected chi connectivity index (χ3v) is 2.45. The number of nitrogens with two attached hydrogens (primary N) is 2. The molecule has 0 fully saturated rings. The van der Waals surface area contributed by atoms with Crippen molar-refractivity contribution in [3.8, 4) is 0 Å². The molecule has 0 saturated heterocycles. The maximum atomic E-state index is 12.1. The van der Waals surface area contributed by atoms with Crippen molar-refractivity contribution in [2.75, 3.05) is 24.2 Å². The molecule has 0 spiro atoms. The Labute approximate surface area is 102 Å². The van der Waals surface area contributed by atoms with Gasteiger partial charge < -0.3 is 16.4 Å². The fourth-order valence-electron chi connectivity index (χ4n) is 1.59. The molecule has 0 aliphatic rings. The van der Waals surface area contributed by atoms with Gasteiger partial charge in [-0.2, -0.15) is 13.2 Å². The number of hydrogen-bond acceptors (Lipinski definition) is 3. The SMILES string of the molecule is CN(CCC(F)(F)F)c1c(N)cccc1C(N)=O. The molecule has 0 heterocycles. The highest BCUT2D eigenvalue weighted by atomic mass is 19.4. The molecular weight excluding hydrogens is 247 g/mol. The standard InChI is InChI=1S/C11H14F3N3O/c1-17(6-5-11(12,13)14)9-7(10(16)18)3-2-4-8(9)15/h2-4H,5-6,15H2,1H3,(H2,16,18). The molecule has 0 aliphatic carbocycles. The number of para-hydroxylation sites is 1. The maximum absolute atomic E-state index is 12.1. The number of halogens is 3. The van der Waals surface area contributed by atoms with E-state index in [9.17, 15) is 18.0 Å². The van der Waals surface area contributed by atoms with Crippen LogP contribution >= 0.6 is 0 Å². The molecule has 1 amide bonds. The molecule has 1 aromatic carbocycles. The van der Waals surface area contributed by atoms with Crippen LogP contribution in [-0.2, 0) is 0 Å². The van der Waals surface area contributed by atoms with Crippen LogP contribution in [0.25, 0.3) is 0 Å². The predicted octanol–water partition coefficient (Wildman–Crippen LogP) is 1.76. The average Bonchev–Trinajstić information content (AvgIpc) is 2.24. The van der Waals surface area contributed by atoms with Gasteiger partial charge in [0, 0.05) is 13.6 Å². The Morgan fingerprint density at radius 1 is 1.39 bits per heavy atom. The number of nitrogens with zero attached hydrogens (tertiary/aromatic N) is 1.